The number of esters is 1. The zero-order valence-corrected chi connectivity index (χ0v) is 11.8. The fourth-order valence-electron chi connectivity index (χ4n) is 2.54. The number of unbranched alkanes of at least 4 members (excludes halogenated alkanes) is 2. The Labute approximate surface area is 115 Å². The Balaban J connectivity index is 2.07. The highest BCUT2D eigenvalue weighted by atomic mass is 16.5. The number of ether oxygens (including phenoxy) is 1. The van der Waals surface area contributed by atoms with Gasteiger partial charge in [-0.2, -0.15) is 0 Å². The topological polar surface area (TPSA) is 26.3 Å². The summed E-state index contributed by atoms with van der Waals surface area (Å²) in [5.74, 6) is -0.132. The van der Waals surface area contributed by atoms with Gasteiger partial charge in [-0.15, -0.1) is 0 Å². The number of hydrogen-bond acceptors (Lipinski definition) is 2. The molecule has 0 aromatic heterocycles. The van der Waals surface area contributed by atoms with Crippen LogP contribution in [0.2, 0.25) is 0 Å². The Morgan fingerprint density at radius 1 is 1.16 bits per heavy atom. The molecule has 0 radical (unpaired) electrons. The molecule has 19 heavy (non-hydrogen) atoms. The Kier molecular flexibility index (Phi) is 4.78. The molecule has 2 heteroatoms. The van der Waals surface area contributed by atoms with Gasteiger partial charge in [0.25, 0.3) is 0 Å². The molecule has 0 fully saturated rings. The first-order valence-electron chi connectivity index (χ1n) is 7.17. The third kappa shape index (κ3) is 3.46. The third-order valence-corrected chi connectivity index (χ3v) is 3.73. The molecule has 1 aliphatic heterocycles. The molecule has 0 spiro atoms. The Bertz CT molecular complexity index is 459. The molecule has 0 saturated carbocycles. The fraction of sp³-hybridized carbons (Fsp3) is 0.471. The maximum absolute atomic E-state index is 11.7. The van der Waals surface area contributed by atoms with Gasteiger partial charge in [-0.1, -0.05) is 50.1 Å². The number of carbonyl (C=O) groups excluding carboxylic acids is 1. The predicted molar refractivity (Wildman–Crippen MR) is 76.9 cm³/mol. The van der Waals surface area contributed by atoms with Gasteiger partial charge in [-0.3, -0.25) is 0 Å². The van der Waals surface area contributed by atoms with E-state index in [1.807, 2.05) is 25.1 Å². The number of cyclic esters (lactones) is 1. The lowest BCUT2D eigenvalue weighted by Gasteiger charge is -2.14. The van der Waals surface area contributed by atoms with Crippen LogP contribution in [0.3, 0.4) is 0 Å². The van der Waals surface area contributed by atoms with Crippen molar-refractivity contribution in [2.24, 2.45) is 0 Å². The minimum Gasteiger partial charge on any atom is -0.454 e. The second-order valence-corrected chi connectivity index (χ2v) is 5.20. The molecule has 102 valence electrons. The van der Waals surface area contributed by atoms with E-state index in [9.17, 15) is 4.79 Å². The van der Waals surface area contributed by atoms with Crippen molar-refractivity contribution in [3.05, 3.63) is 47.0 Å². The summed E-state index contributed by atoms with van der Waals surface area (Å²) < 4.78 is 5.49. The van der Waals surface area contributed by atoms with Crippen LogP contribution in [-0.2, 0) is 16.0 Å². The van der Waals surface area contributed by atoms with Gasteiger partial charge in [-0.25, -0.2) is 4.79 Å². The van der Waals surface area contributed by atoms with Crippen LogP contribution in [0, 0.1) is 0 Å². The van der Waals surface area contributed by atoms with Crippen LogP contribution in [0.5, 0.6) is 0 Å². The SMILES string of the molecule is CCCCCC1OC(=O)C(C)=C1Cc1ccccc1. The van der Waals surface area contributed by atoms with Crippen molar-refractivity contribution < 1.29 is 9.53 Å². The van der Waals surface area contributed by atoms with Gasteiger partial charge in [0.15, 0.2) is 0 Å². The summed E-state index contributed by atoms with van der Waals surface area (Å²) in [5, 5.41) is 0. The maximum Gasteiger partial charge on any atom is 0.334 e. The first kappa shape index (κ1) is 13.9. The van der Waals surface area contributed by atoms with Gasteiger partial charge in [0.1, 0.15) is 6.10 Å². The minimum absolute atomic E-state index is 0.000689. The van der Waals surface area contributed by atoms with Crippen LogP contribution < -0.4 is 0 Å². The molecular weight excluding hydrogens is 236 g/mol. The number of hydrogen-bond donors (Lipinski definition) is 0. The van der Waals surface area contributed by atoms with Gasteiger partial charge in [0.2, 0.25) is 0 Å². The van der Waals surface area contributed by atoms with E-state index in [4.69, 9.17) is 4.74 Å². The first-order valence-corrected chi connectivity index (χ1v) is 7.17. The Hall–Kier alpha value is -1.57. The maximum atomic E-state index is 11.7. The molecule has 0 saturated heterocycles. The van der Waals surface area contributed by atoms with Gasteiger partial charge in [0.05, 0.1) is 0 Å². The molecule has 1 unspecified atom stereocenters. The van der Waals surface area contributed by atoms with Crippen molar-refractivity contribution in [3.63, 3.8) is 0 Å². The fourth-order valence-corrected chi connectivity index (χ4v) is 2.54. The molecular formula is C17H22O2. The van der Waals surface area contributed by atoms with Crippen molar-refractivity contribution in [3.8, 4) is 0 Å². The third-order valence-electron chi connectivity index (χ3n) is 3.73. The molecule has 2 rings (SSSR count). The van der Waals surface area contributed by atoms with E-state index >= 15 is 0 Å². The smallest absolute Gasteiger partial charge is 0.334 e. The Morgan fingerprint density at radius 2 is 1.89 bits per heavy atom. The zero-order valence-electron chi connectivity index (χ0n) is 11.8. The van der Waals surface area contributed by atoms with Crippen LogP contribution in [0.25, 0.3) is 0 Å². The summed E-state index contributed by atoms with van der Waals surface area (Å²) in [4.78, 5) is 11.7. The molecule has 0 aliphatic carbocycles. The van der Waals surface area contributed by atoms with Gasteiger partial charge in [-0.05, 0) is 37.3 Å². The van der Waals surface area contributed by atoms with Crippen LogP contribution in [0.15, 0.2) is 41.5 Å². The molecule has 1 aromatic carbocycles. The van der Waals surface area contributed by atoms with E-state index in [0.29, 0.717) is 0 Å². The average molecular weight is 258 g/mol. The minimum atomic E-state index is -0.132. The summed E-state index contributed by atoms with van der Waals surface area (Å²) in [6.07, 6.45) is 5.30. The van der Waals surface area contributed by atoms with Gasteiger partial charge < -0.3 is 4.74 Å². The van der Waals surface area contributed by atoms with E-state index in [-0.39, 0.29) is 12.1 Å². The summed E-state index contributed by atoms with van der Waals surface area (Å²) >= 11 is 0. The number of carbonyl (C=O) groups is 1. The highest BCUT2D eigenvalue weighted by Gasteiger charge is 2.30. The van der Waals surface area contributed by atoms with Crippen molar-refractivity contribution >= 4 is 5.97 Å². The van der Waals surface area contributed by atoms with Crippen molar-refractivity contribution in [1.82, 2.24) is 0 Å². The summed E-state index contributed by atoms with van der Waals surface area (Å²) in [7, 11) is 0. The van der Waals surface area contributed by atoms with E-state index in [1.165, 1.54) is 24.0 Å². The number of rotatable bonds is 6. The predicted octanol–water partition coefficient (Wildman–Crippen LogP) is 4.05. The van der Waals surface area contributed by atoms with Crippen LogP contribution >= 0.6 is 0 Å². The van der Waals surface area contributed by atoms with E-state index in [2.05, 4.69) is 19.1 Å². The van der Waals surface area contributed by atoms with Crippen molar-refractivity contribution in [2.45, 2.75) is 52.1 Å². The summed E-state index contributed by atoms with van der Waals surface area (Å²) in [6, 6.07) is 10.3. The molecule has 1 heterocycles. The normalized spacial score (nSPS) is 18.8. The summed E-state index contributed by atoms with van der Waals surface area (Å²) in [5.41, 5.74) is 3.23. The lowest BCUT2D eigenvalue weighted by atomic mass is 9.95. The second-order valence-electron chi connectivity index (χ2n) is 5.20. The monoisotopic (exact) mass is 258 g/mol. The molecule has 0 bridgehead atoms. The van der Waals surface area contributed by atoms with Crippen LogP contribution in [-0.4, -0.2) is 12.1 Å². The average Bonchev–Trinajstić information content (AvgIpc) is 2.68. The van der Waals surface area contributed by atoms with Crippen molar-refractivity contribution in [2.75, 3.05) is 0 Å². The lowest BCUT2D eigenvalue weighted by molar-refractivity contribution is -0.139. The van der Waals surface area contributed by atoms with Crippen LogP contribution in [0.4, 0.5) is 0 Å². The zero-order chi connectivity index (χ0) is 13.7. The largest absolute Gasteiger partial charge is 0.454 e. The van der Waals surface area contributed by atoms with Gasteiger partial charge >= 0.3 is 5.97 Å². The summed E-state index contributed by atoms with van der Waals surface area (Å²) in [6.45, 7) is 4.08. The quantitative estimate of drug-likeness (QED) is 0.568. The first-order chi connectivity index (χ1) is 9.22. The molecule has 0 N–H and O–H groups in total. The molecule has 1 aromatic rings. The number of benzene rings is 1. The molecule has 2 nitrogen and oxygen atoms in total. The van der Waals surface area contributed by atoms with Crippen molar-refractivity contribution in [1.29, 1.82) is 0 Å². The lowest BCUT2D eigenvalue weighted by Crippen LogP contribution is -2.13. The standard InChI is InChI=1S/C17H22O2/c1-3-4-6-11-16-15(13(2)17(18)19-16)12-14-9-7-5-8-10-14/h5,7-10,16H,3-4,6,11-12H2,1-2H3. The highest BCUT2D eigenvalue weighted by molar-refractivity contribution is 5.91. The van der Waals surface area contributed by atoms with Gasteiger partial charge in [0, 0.05) is 5.57 Å². The second kappa shape index (κ2) is 6.55. The van der Waals surface area contributed by atoms with Crippen LogP contribution in [0.1, 0.15) is 45.1 Å². The van der Waals surface area contributed by atoms with E-state index in [0.717, 1.165) is 24.8 Å². The molecule has 0 amide bonds. The Morgan fingerprint density at radius 3 is 2.58 bits per heavy atom. The highest BCUT2D eigenvalue weighted by Crippen LogP contribution is 2.29. The van der Waals surface area contributed by atoms with E-state index in [1.54, 1.807) is 0 Å². The van der Waals surface area contributed by atoms with E-state index < -0.39 is 0 Å². The molecule has 1 aliphatic rings. The molecule has 1 atom stereocenters.